The van der Waals surface area contributed by atoms with Crippen molar-refractivity contribution < 1.29 is 0 Å². The minimum Gasteiger partial charge on any atom is -0.312 e. The van der Waals surface area contributed by atoms with Gasteiger partial charge in [-0.05, 0) is 23.8 Å². The number of hydrogen-bond donors (Lipinski definition) is 1. The zero-order chi connectivity index (χ0) is 14.1. The van der Waals surface area contributed by atoms with Crippen molar-refractivity contribution in [1.82, 2.24) is 9.97 Å². The maximum Gasteiger partial charge on any atom is 0.344 e. The molecule has 0 amide bonds. The number of H-pyrrole nitrogens is 1. The van der Waals surface area contributed by atoms with Gasteiger partial charge in [-0.25, -0.2) is 9.78 Å². The first-order valence-corrected chi connectivity index (χ1v) is 7.67. The number of aromatic nitrogens is 2. The number of nitrogens with one attached hydrogen (secondary N) is 1. The molecule has 0 saturated heterocycles. The molecule has 108 valence electrons. The van der Waals surface area contributed by atoms with Crippen LogP contribution in [0.15, 0.2) is 17.2 Å². The van der Waals surface area contributed by atoms with Gasteiger partial charge in [-0.2, -0.15) is 0 Å². The second-order valence-corrected chi connectivity index (χ2v) is 5.78. The van der Waals surface area contributed by atoms with Crippen molar-refractivity contribution in [2.75, 3.05) is 0 Å². The molecule has 0 aliphatic heterocycles. The number of hydrogen-bond acceptors (Lipinski definition) is 2. The molecule has 1 aromatic rings. The minimum atomic E-state index is -0.257. The van der Waals surface area contributed by atoms with Crippen LogP contribution in [0.25, 0.3) is 0 Å². The van der Waals surface area contributed by atoms with Gasteiger partial charge in [0.1, 0.15) is 0 Å². The van der Waals surface area contributed by atoms with E-state index in [0.717, 1.165) is 0 Å². The monoisotopic (exact) mass is 264 g/mol. The largest absolute Gasteiger partial charge is 0.344 e. The Morgan fingerprint density at radius 2 is 1.79 bits per heavy atom. The third-order valence-corrected chi connectivity index (χ3v) is 4.03. The molecule has 0 spiro atoms. The molecule has 0 radical (unpaired) electrons. The Morgan fingerprint density at radius 3 is 2.37 bits per heavy atom. The summed E-state index contributed by atoms with van der Waals surface area (Å²) in [6.07, 6.45) is 13.5. The van der Waals surface area contributed by atoms with Crippen LogP contribution in [-0.2, 0) is 5.41 Å². The van der Waals surface area contributed by atoms with Crippen molar-refractivity contribution in [2.45, 2.75) is 77.6 Å². The average molecular weight is 264 g/mol. The maximum atomic E-state index is 11.1. The molecule has 1 N–H and O–H groups in total. The third-order valence-electron chi connectivity index (χ3n) is 4.03. The van der Waals surface area contributed by atoms with Gasteiger partial charge in [0.2, 0.25) is 0 Å². The van der Waals surface area contributed by atoms with Gasteiger partial charge in [0.05, 0.1) is 0 Å². The topological polar surface area (TPSA) is 45.8 Å². The molecule has 0 aromatic carbocycles. The Bertz CT molecular complexity index is 393. The van der Waals surface area contributed by atoms with Gasteiger partial charge >= 0.3 is 5.69 Å². The van der Waals surface area contributed by atoms with E-state index in [2.05, 4.69) is 30.7 Å². The number of rotatable bonds is 9. The zero-order valence-corrected chi connectivity index (χ0v) is 12.7. The maximum absolute atomic E-state index is 11.1. The highest BCUT2D eigenvalue weighted by Gasteiger charge is 2.26. The molecule has 1 aromatic heterocycles. The average Bonchev–Trinajstić information content (AvgIpc) is 2.42. The third kappa shape index (κ3) is 5.17. The van der Waals surface area contributed by atoms with Gasteiger partial charge in [-0.1, -0.05) is 59.3 Å². The van der Waals surface area contributed by atoms with Crippen LogP contribution in [0.1, 0.15) is 77.7 Å². The van der Waals surface area contributed by atoms with Crippen LogP contribution in [0.3, 0.4) is 0 Å². The lowest BCUT2D eigenvalue weighted by Gasteiger charge is -2.30. The molecule has 3 heteroatoms. The quantitative estimate of drug-likeness (QED) is 0.680. The van der Waals surface area contributed by atoms with Gasteiger partial charge in [0.25, 0.3) is 0 Å². The highest BCUT2D eigenvalue weighted by molar-refractivity contribution is 5.17. The lowest BCUT2D eigenvalue weighted by atomic mass is 9.75. The number of unbranched alkanes of at least 4 members (excludes halogenated alkanes) is 4. The Labute approximate surface area is 116 Å². The molecular weight excluding hydrogens is 236 g/mol. The van der Waals surface area contributed by atoms with Crippen molar-refractivity contribution in [2.24, 2.45) is 0 Å². The number of nitrogens with zero attached hydrogens (tertiary/aromatic N) is 1. The first-order valence-electron chi connectivity index (χ1n) is 7.67. The predicted molar refractivity (Wildman–Crippen MR) is 80.5 cm³/mol. The van der Waals surface area contributed by atoms with E-state index >= 15 is 0 Å². The normalized spacial score (nSPS) is 14.3. The summed E-state index contributed by atoms with van der Waals surface area (Å²) in [4.78, 5) is 17.7. The predicted octanol–water partition coefficient (Wildman–Crippen LogP) is 4.19. The molecule has 1 atom stereocenters. The van der Waals surface area contributed by atoms with Gasteiger partial charge in [-0.3, -0.25) is 0 Å². The summed E-state index contributed by atoms with van der Waals surface area (Å²) in [5, 5.41) is 0. The molecule has 0 aliphatic carbocycles. The fourth-order valence-corrected chi connectivity index (χ4v) is 2.59. The van der Waals surface area contributed by atoms with Gasteiger partial charge in [0, 0.05) is 12.4 Å². The molecular formula is C16H28N2O. The van der Waals surface area contributed by atoms with Crippen molar-refractivity contribution in [1.29, 1.82) is 0 Å². The van der Waals surface area contributed by atoms with Crippen LogP contribution in [0, 0.1) is 0 Å². The van der Waals surface area contributed by atoms with Crippen LogP contribution in [0.4, 0.5) is 0 Å². The van der Waals surface area contributed by atoms with Crippen LogP contribution in [0.2, 0.25) is 0 Å². The SMILES string of the molecule is CCCCCCC(C)(CCCC)c1cnc(=O)[nH]c1. The van der Waals surface area contributed by atoms with E-state index in [1.165, 1.54) is 56.9 Å². The fraction of sp³-hybridized carbons (Fsp3) is 0.750. The summed E-state index contributed by atoms with van der Waals surface area (Å²) in [6.45, 7) is 6.77. The van der Waals surface area contributed by atoms with E-state index < -0.39 is 0 Å². The molecule has 1 rings (SSSR count). The van der Waals surface area contributed by atoms with Gasteiger partial charge in [-0.15, -0.1) is 0 Å². The first kappa shape index (κ1) is 15.9. The molecule has 19 heavy (non-hydrogen) atoms. The van der Waals surface area contributed by atoms with Crippen LogP contribution >= 0.6 is 0 Å². The summed E-state index contributed by atoms with van der Waals surface area (Å²) in [7, 11) is 0. The molecule has 3 nitrogen and oxygen atoms in total. The van der Waals surface area contributed by atoms with Crippen LogP contribution < -0.4 is 5.69 Å². The molecule has 0 fully saturated rings. The molecule has 1 unspecified atom stereocenters. The lowest BCUT2D eigenvalue weighted by molar-refractivity contribution is 0.367. The van der Waals surface area contributed by atoms with Crippen molar-refractivity contribution in [3.8, 4) is 0 Å². The highest BCUT2D eigenvalue weighted by Crippen LogP contribution is 2.34. The Kier molecular flexibility index (Phi) is 6.82. The molecule has 1 heterocycles. The first-order chi connectivity index (χ1) is 9.12. The van der Waals surface area contributed by atoms with Crippen LogP contribution in [-0.4, -0.2) is 9.97 Å². The fourth-order valence-electron chi connectivity index (χ4n) is 2.59. The summed E-state index contributed by atoms with van der Waals surface area (Å²) >= 11 is 0. The van der Waals surface area contributed by atoms with E-state index in [-0.39, 0.29) is 11.1 Å². The minimum absolute atomic E-state index is 0.154. The number of aromatic amines is 1. The van der Waals surface area contributed by atoms with E-state index in [9.17, 15) is 4.79 Å². The summed E-state index contributed by atoms with van der Waals surface area (Å²) < 4.78 is 0. The van der Waals surface area contributed by atoms with E-state index in [0.29, 0.717) is 0 Å². The van der Waals surface area contributed by atoms with Crippen molar-refractivity contribution in [3.63, 3.8) is 0 Å². The lowest BCUT2D eigenvalue weighted by Crippen LogP contribution is -2.24. The van der Waals surface area contributed by atoms with Crippen molar-refractivity contribution in [3.05, 3.63) is 28.4 Å². The smallest absolute Gasteiger partial charge is 0.312 e. The summed E-state index contributed by atoms with van der Waals surface area (Å²) in [6, 6.07) is 0. The summed E-state index contributed by atoms with van der Waals surface area (Å²) in [5.74, 6) is 0. The van der Waals surface area contributed by atoms with Crippen LogP contribution in [0.5, 0.6) is 0 Å². The summed E-state index contributed by atoms with van der Waals surface area (Å²) in [5.41, 5.74) is 1.07. The van der Waals surface area contributed by atoms with Gasteiger partial charge < -0.3 is 4.98 Å². The van der Waals surface area contributed by atoms with E-state index in [1.807, 2.05) is 6.20 Å². The Hall–Kier alpha value is -1.12. The van der Waals surface area contributed by atoms with Crippen molar-refractivity contribution >= 4 is 0 Å². The zero-order valence-electron chi connectivity index (χ0n) is 12.7. The Morgan fingerprint density at radius 1 is 1.11 bits per heavy atom. The Balaban J connectivity index is 2.73. The highest BCUT2D eigenvalue weighted by atomic mass is 16.1. The molecule has 0 saturated carbocycles. The second kappa shape index (κ2) is 8.13. The molecule has 0 aliphatic rings. The standard InChI is InChI=1S/C16H28N2O/c1-4-6-8-9-11-16(3,10-7-5-2)14-12-17-15(19)18-13-14/h12-13H,4-11H2,1-3H3,(H,17,18,19). The van der Waals surface area contributed by atoms with E-state index in [1.54, 1.807) is 6.20 Å². The van der Waals surface area contributed by atoms with Gasteiger partial charge in [0.15, 0.2) is 0 Å². The second-order valence-electron chi connectivity index (χ2n) is 5.78. The molecule has 0 bridgehead atoms. The van der Waals surface area contributed by atoms with E-state index in [4.69, 9.17) is 0 Å².